The van der Waals surface area contributed by atoms with Gasteiger partial charge in [-0.2, -0.15) is 5.10 Å². The summed E-state index contributed by atoms with van der Waals surface area (Å²) in [6.07, 6.45) is 5.52. The molecule has 0 aliphatic carbocycles. The molecule has 8 heteroatoms. The monoisotopic (exact) mass is 526 g/mol. The SMILES string of the molecule is CCCN1CCC(NC(=NCc2ccn(-c3ccc(OC)cc3)n2)NCC)CC1.I. The lowest BCUT2D eigenvalue weighted by atomic mass is 10.1. The molecule has 1 aromatic heterocycles. The van der Waals surface area contributed by atoms with Gasteiger partial charge in [0.15, 0.2) is 5.96 Å². The van der Waals surface area contributed by atoms with Crippen molar-refractivity contribution in [3.8, 4) is 11.4 Å². The first-order valence-corrected chi connectivity index (χ1v) is 10.7. The molecule has 0 amide bonds. The van der Waals surface area contributed by atoms with Crippen LogP contribution in [0.4, 0.5) is 0 Å². The van der Waals surface area contributed by atoms with Crippen LogP contribution in [0, 0.1) is 0 Å². The Morgan fingerprint density at radius 1 is 1.17 bits per heavy atom. The fraction of sp³-hybridized carbons (Fsp3) is 0.545. The first-order valence-electron chi connectivity index (χ1n) is 10.7. The van der Waals surface area contributed by atoms with Crippen LogP contribution >= 0.6 is 24.0 Å². The first kappa shape index (κ1) is 24.5. The summed E-state index contributed by atoms with van der Waals surface area (Å²) < 4.78 is 7.08. The second-order valence-electron chi connectivity index (χ2n) is 7.41. The van der Waals surface area contributed by atoms with E-state index in [0.717, 1.165) is 55.6 Å². The zero-order valence-corrected chi connectivity index (χ0v) is 20.6. The molecule has 0 bridgehead atoms. The molecule has 3 rings (SSSR count). The minimum Gasteiger partial charge on any atom is -0.497 e. The molecule has 1 fully saturated rings. The van der Waals surface area contributed by atoms with Crippen molar-refractivity contribution in [2.24, 2.45) is 4.99 Å². The summed E-state index contributed by atoms with van der Waals surface area (Å²) in [4.78, 5) is 7.30. The molecule has 0 atom stereocenters. The number of halogens is 1. The standard InChI is InChI=1S/C22H34N6O.HI/c1-4-13-27-14-10-18(11-15-27)25-22(23-5-2)24-17-19-12-16-28(26-19)20-6-8-21(29-3)9-7-20;/h6-9,12,16,18H,4-5,10-11,13-15,17H2,1-3H3,(H2,23,24,25);1H. The van der Waals surface area contributed by atoms with Gasteiger partial charge in [-0.25, -0.2) is 9.67 Å². The van der Waals surface area contributed by atoms with E-state index in [1.54, 1.807) is 7.11 Å². The number of piperidine rings is 1. The van der Waals surface area contributed by atoms with Crippen LogP contribution in [0.2, 0.25) is 0 Å². The van der Waals surface area contributed by atoms with Gasteiger partial charge >= 0.3 is 0 Å². The Hall–Kier alpha value is -1.81. The minimum absolute atomic E-state index is 0. The highest BCUT2D eigenvalue weighted by atomic mass is 127. The van der Waals surface area contributed by atoms with Crippen LogP contribution in [0.3, 0.4) is 0 Å². The number of guanidine groups is 1. The third kappa shape index (κ3) is 7.16. The van der Waals surface area contributed by atoms with Crippen molar-refractivity contribution in [2.45, 2.75) is 45.7 Å². The molecule has 7 nitrogen and oxygen atoms in total. The molecule has 1 aliphatic heterocycles. The highest BCUT2D eigenvalue weighted by Gasteiger charge is 2.19. The molecular formula is C22H35IN6O. The summed E-state index contributed by atoms with van der Waals surface area (Å²) in [5.41, 5.74) is 1.95. The molecule has 1 saturated heterocycles. The Labute approximate surface area is 197 Å². The highest BCUT2D eigenvalue weighted by Crippen LogP contribution is 2.15. The molecule has 166 valence electrons. The number of benzene rings is 1. The molecule has 0 radical (unpaired) electrons. The van der Waals surface area contributed by atoms with Crippen LogP contribution in [0.5, 0.6) is 5.75 Å². The average molecular weight is 526 g/mol. The number of likely N-dealkylation sites (tertiary alicyclic amines) is 1. The number of nitrogens with zero attached hydrogens (tertiary/aromatic N) is 4. The molecule has 2 heterocycles. The Bertz CT molecular complexity index is 768. The van der Waals surface area contributed by atoms with Gasteiger partial charge in [-0.1, -0.05) is 6.92 Å². The minimum atomic E-state index is 0. The van der Waals surface area contributed by atoms with Crippen molar-refractivity contribution in [3.63, 3.8) is 0 Å². The highest BCUT2D eigenvalue weighted by molar-refractivity contribution is 14.0. The predicted molar refractivity (Wildman–Crippen MR) is 133 cm³/mol. The van der Waals surface area contributed by atoms with E-state index in [2.05, 4.69) is 34.5 Å². The molecule has 1 aliphatic rings. The lowest BCUT2D eigenvalue weighted by molar-refractivity contribution is 0.206. The molecule has 1 aromatic carbocycles. The van der Waals surface area contributed by atoms with Gasteiger partial charge < -0.3 is 20.3 Å². The van der Waals surface area contributed by atoms with Crippen LogP contribution < -0.4 is 15.4 Å². The van der Waals surface area contributed by atoms with E-state index < -0.39 is 0 Å². The fourth-order valence-corrected chi connectivity index (χ4v) is 3.62. The van der Waals surface area contributed by atoms with Gasteiger partial charge in [0.05, 0.1) is 25.0 Å². The van der Waals surface area contributed by atoms with Crippen LogP contribution in [-0.4, -0.2) is 60.0 Å². The summed E-state index contributed by atoms with van der Waals surface area (Å²) in [5.74, 6) is 1.72. The van der Waals surface area contributed by atoms with Gasteiger partial charge in [-0.05, 0) is 63.1 Å². The first-order chi connectivity index (χ1) is 14.2. The van der Waals surface area contributed by atoms with Crippen LogP contribution in [-0.2, 0) is 6.54 Å². The molecule has 2 aromatic rings. The fourth-order valence-electron chi connectivity index (χ4n) is 3.62. The van der Waals surface area contributed by atoms with Crippen molar-refractivity contribution < 1.29 is 4.74 Å². The Kier molecular flexibility index (Phi) is 10.4. The zero-order chi connectivity index (χ0) is 20.5. The van der Waals surface area contributed by atoms with Crippen LogP contribution in [0.1, 0.15) is 38.8 Å². The van der Waals surface area contributed by atoms with Crippen LogP contribution in [0.15, 0.2) is 41.5 Å². The van der Waals surface area contributed by atoms with E-state index in [-0.39, 0.29) is 24.0 Å². The number of ether oxygens (including phenoxy) is 1. The maximum atomic E-state index is 5.21. The number of hydrogen-bond acceptors (Lipinski definition) is 4. The van der Waals surface area contributed by atoms with Crippen molar-refractivity contribution in [1.29, 1.82) is 0 Å². The number of aliphatic imine (C=N–C) groups is 1. The Morgan fingerprint density at radius 3 is 2.53 bits per heavy atom. The smallest absolute Gasteiger partial charge is 0.191 e. The zero-order valence-electron chi connectivity index (χ0n) is 18.3. The van der Waals surface area contributed by atoms with Gasteiger partial charge in [-0.15, -0.1) is 24.0 Å². The van der Waals surface area contributed by atoms with E-state index in [0.29, 0.717) is 12.6 Å². The van der Waals surface area contributed by atoms with E-state index in [1.165, 1.54) is 13.0 Å². The van der Waals surface area contributed by atoms with E-state index in [1.807, 2.05) is 41.2 Å². The molecule has 30 heavy (non-hydrogen) atoms. The second-order valence-corrected chi connectivity index (χ2v) is 7.41. The number of nitrogens with one attached hydrogen (secondary N) is 2. The van der Waals surface area contributed by atoms with Gasteiger partial charge in [-0.3, -0.25) is 0 Å². The lowest BCUT2D eigenvalue weighted by Crippen LogP contribution is -2.48. The Balaban J connectivity index is 0.00000320. The molecule has 0 unspecified atom stereocenters. The quantitative estimate of drug-likeness (QED) is 0.314. The van der Waals surface area contributed by atoms with E-state index in [9.17, 15) is 0 Å². The average Bonchev–Trinajstić information content (AvgIpc) is 3.23. The van der Waals surface area contributed by atoms with E-state index >= 15 is 0 Å². The molecule has 2 N–H and O–H groups in total. The summed E-state index contributed by atoms with van der Waals surface area (Å²) >= 11 is 0. The van der Waals surface area contributed by atoms with Crippen molar-refractivity contribution in [2.75, 3.05) is 33.3 Å². The summed E-state index contributed by atoms with van der Waals surface area (Å²) in [6.45, 7) is 9.27. The van der Waals surface area contributed by atoms with Crippen molar-refractivity contribution >= 4 is 29.9 Å². The second kappa shape index (κ2) is 12.8. The maximum absolute atomic E-state index is 5.21. The lowest BCUT2D eigenvalue weighted by Gasteiger charge is -2.32. The summed E-state index contributed by atoms with van der Waals surface area (Å²) in [6, 6.07) is 10.4. The third-order valence-corrected chi connectivity index (χ3v) is 5.19. The summed E-state index contributed by atoms with van der Waals surface area (Å²) in [7, 11) is 1.67. The molecule has 0 spiro atoms. The van der Waals surface area contributed by atoms with Gasteiger partial charge in [0, 0.05) is 31.9 Å². The normalized spacial score (nSPS) is 15.5. The maximum Gasteiger partial charge on any atom is 0.191 e. The Morgan fingerprint density at radius 2 is 1.90 bits per heavy atom. The molecule has 0 saturated carbocycles. The largest absolute Gasteiger partial charge is 0.497 e. The number of aromatic nitrogens is 2. The predicted octanol–water partition coefficient (Wildman–Crippen LogP) is 3.43. The van der Waals surface area contributed by atoms with Crippen molar-refractivity contribution in [1.82, 2.24) is 25.3 Å². The van der Waals surface area contributed by atoms with Gasteiger partial charge in [0.25, 0.3) is 0 Å². The van der Waals surface area contributed by atoms with Crippen molar-refractivity contribution in [3.05, 3.63) is 42.2 Å². The third-order valence-electron chi connectivity index (χ3n) is 5.19. The topological polar surface area (TPSA) is 66.7 Å². The van der Waals surface area contributed by atoms with Crippen LogP contribution in [0.25, 0.3) is 5.69 Å². The summed E-state index contributed by atoms with van der Waals surface area (Å²) in [5, 5.41) is 11.6. The number of rotatable bonds is 8. The molecular weight excluding hydrogens is 491 g/mol. The van der Waals surface area contributed by atoms with Gasteiger partial charge in [0.2, 0.25) is 0 Å². The number of hydrogen-bond donors (Lipinski definition) is 2. The van der Waals surface area contributed by atoms with E-state index in [4.69, 9.17) is 9.73 Å². The number of methoxy groups -OCH3 is 1. The van der Waals surface area contributed by atoms with Gasteiger partial charge in [0.1, 0.15) is 5.75 Å².